The first-order chi connectivity index (χ1) is 13.3. The van der Waals surface area contributed by atoms with Crippen LogP contribution in [0.3, 0.4) is 0 Å². The summed E-state index contributed by atoms with van der Waals surface area (Å²) in [6, 6.07) is 5.79. The number of aromatic nitrogens is 3. The molecule has 1 aliphatic rings. The van der Waals surface area contributed by atoms with Crippen molar-refractivity contribution in [2.45, 2.75) is 47.5 Å². The third-order valence-corrected chi connectivity index (χ3v) is 5.31. The molecular formula is C22H31N5O. The van der Waals surface area contributed by atoms with Crippen molar-refractivity contribution in [2.24, 2.45) is 11.3 Å². The molecule has 0 saturated carbocycles. The Balaban J connectivity index is 1.77. The van der Waals surface area contributed by atoms with E-state index in [0.29, 0.717) is 18.3 Å². The van der Waals surface area contributed by atoms with Gasteiger partial charge in [0.05, 0.1) is 0 Å². The Hall–Kier alpha value is -2.50. The number of carbonyl (C=O) groups excluding carboxylic acids is 1. The van der Waals surface area contributed by atoms with Crippen LogP contribution in [-0.4, -0.2) is 40.5 Å². The number of nitrogens with one attached hydrogen (secondary N) is 1. The smallest absolute Gasteiger partial charge is 0.225 e. The summed E-state index contributed by atoms with van der Waals surface area (Å²) >= 11 is 0. The normalized spacial score (nSPS) is 17.5. The molecule has 1 N–H and O–H groups in total. The maximum atomic E-state index is 12.2. The molecule has 2 aromatic heterocycles. The van der Waals surface area contributed by atoms with Crippen molar-refractivity contribution in [3.8, 4) is 11.5 Å². The third kappa shape index (κ3) is 4.66. The molecule has 3 rings (SSSR count). The van der Waals surface area contributed by atoms with Gasteiger partial charge in [-0.1, -0.05) is 26.8 Å². The molecule has 1 aliphatic heterocycles. The molecule has 0 spiro atoms. The summed E-state index contributed by atoms with van der Waals surface area (Å²) in [5.74, 6) is 2.19. The van der Waals surface area contributed by atoms with E-state index < -0.39 is 0 Å². The topological polar surface area (TPSA) is 71.0 Å². The first-order valence-corrected chi connectivity index (χ1v) is 10.1. The molecule has 1 fully saturated rings. The van der Waals surface area contributed by atoms with E-state index in [1.165, 1.54) is 0 Å². The van der Waals surface area contributed by atoms with Crippen LogP contribution in [0.5, 0.6) is 0 Å². The molecule has 6 heteroatoms. The van der Waals surface area contributed by atoms with Crippen LogP contribution in [0.1, 0.15) is 44.9 Å². The molecule has 0 radical (unpaired) electrons. The lowest BCUT2D eigenvalue weighted by Gasteiger charge is -2.35. The summed E-state index contributed by atoms with van der Waals surface area (Å²) in [5.41, 5.74) is 2.53. The summed E-state index contributed by atoms with van der Waals surface area (Å²) in [5, 5.41) is 3.12. The molecular weight excluding hydrogens is 350 g/mol. The summed E-state index contributed by atoms with van der Waals surface area (Å²) in [6.45, 7) is 12.5. The van der Waals surface area contributed by atoms with E-state index in [4.69, 9.17) is 4.98 Å². The zero-order valence-electron chi connectivity index (χ0n) is 17.6. The van der Waals surface area contributed by atoms with Gasteiger partial charge in [0.1, 0.15) is 11.5 Å². The Kier molecular flexibility index (Phi) is 5.96. The number of carbonyl (C=O) groups is 1. The Bertz CT molecular complexity index is 829. The zero-order valence-corrected chi connectivity index (χ0v) is 17.6. The van der Waals surface area contributed by atoms with Gasteiger partial charge < -0.3 is 10.2 Å². The monoisotopic (exact) mass is 381 g/mol. The molecule has 1 amide bonds. The van der Waals surface area contributed by atoms with Crippen molar-refractivity contribution in [1.82, 2.24) is 20.3 Å². The first-order valence-electron chi connectivity index (χ1n) is 10.1. The van der Waals surface area contributed by atoms with Crippen molar-refractivity contribution in [1.29, 1.82) is 0 Å². The molecule has 0 aromatic carbocycles. The number of rotatable bonds is 4. The van der Waals surface area contributed by atoms with E-state index >= 15 is 0 Å². The van der Waals surface area contributed by atoms with Gasteiger partial charge in [0.25, 0.3) is 0 Å². The fraction of sp³-hybridized carbons (Fsp3) is 0.545. The van der Waals surface area contributed by atoms with Crippen molar-refractivity contribution < 1.29 is 4.79 Å². The first kappa shape index (κ1) is 20.2. The predicted molar refractivity (Wildman–Crippen MR) is 112 cm³/mol. The van der Waals surface area contributed by atoms with Crippen LogP contribution in [0.15, 0.2) is 24.4 Å². The van der Waals surface area contributed by atoms with Crippen LogP contribution in [-0.2, 0) is 4.79 Å². The summed E-state index contributed by atoms with van der Waals surface area (Å²) in [6.07, 6.45) is 3.98. The van der Waals surface area contributed by atoms with Crippen LogP contribution < -0.4 is 10.2 Å². The van der Waals surface area contributed by atoms with Gasteiger partial charge in [-0.2, -0.15) is 0 Å². The molecule has 0 bridgehead atoms. The second-order valence-electron chi connectivity index (χ2n) is 8.71. The minimum Gasteiger partial charge on any atom is -0.356 e. The summed E-state index contributed by atoms with van der Waals surface area (Å²) in [7, 11) is 0. The highest BCUT2D eigenvalue weighted by atomic mass is 16.2. The Labute approximate surface area is 167 Å². The quantitative estimate of drug-likeness (QED) is 0.877. The second-order valence-corrected chi connectivity index (χ2v) is 8.71. The van der Waals surface area contributed by atoms with Crippen LogP contribution in [0, 0.1) is 25.2 Å². The van der Waals surface area contributed by atoms with Gasteiger partial charge in [-0.3, -0.25) is 9.78 Å². The number of nitrogens with zero attached hydrogens (tertiary/aromatic N) is 4. The molecule has 2 aromatic rings. The third-order valence-electron chi connectivity index (χ3n) is 5.31. The minimum atomic E-state index is -0.355. The largest absolute Gasteiger partial charge is 0.356 e. The molecule has 6 nitrogen and oxygen atoms in total. The molecule has 1 atom stereocenters. The number of pyridine rings is 1. The van der Waals surface area contributed by atoms with Gasteiger partial charge in [-0.25, -0.2) is 9.97 Å². The number of hydrogen-bond donors (Lipinski definition) is 1. The average molecular weight is 382 g/mol. The Morgan fingerprint density at radius 2 is 2.04 bits per heavy atom. The number of aryl methyl sites for hydroxylation is 1. The predicted octanol–water partition coefficient (Wildman–Crippen LogP) is 3.53. The van der Waals surface area contributed by atoms with Crippen LogP contribution in [0.25, 0.3) is 11.5 Å². The van der Waals surface area contributed by atoms with Gasteiger partial charge in [0, 0.05) is 42.5 Å². The van der Waals surface area contributed by atoms with E-state index in [-0.39, 0.29) is 11.3 Å². The lowest BCUT2D eigenvalue weighted by atomic mass is 9.94. The second kappa shape index (κ2) is 8.25. The molecule has 1 saturated heterocycles. The van der Waals surface area contributed by atoms with E-state index in [1.54, 1.807) is 6.20 Å². The van der Waals surface area contributed by atoms with E-state index in [9.17, 15) is 4.79 Å². The zero-order chi connectivity index (χ0) is 20.3. The van der Waals surface area contributed by atoms with Crippen LogP contribution >= 0.6 is 0 Å². The number of hydrogen-bond acceptors (Lipinski definition) is 5. The Morgan fingerprint density at radius 1 is 1.25 bits per heavy atom. The molecule has 150 valence electrons. The van der Waals surface area contributed by atoms with E-state index in [2.05, 4.69) is 27.1 Å². The van der Waals surface area contributed by atoms with Crippen LogP contribution in [0.4, 0.5) is 5.82 Å². The lowest BCUT2D eigenvalue weighted by Crippen LogP contribution is -2.44. The highest BCUT2D eigenvalue weighted by Gasteiger charge is 2.26. The number of amides is 1. The standard InChI is InChI=1S/C22H31N5O/c1-15-16(2)25-19(18-10-6-7-11-23-18)26-20(15)27-12-8-9-17(14-27)13-24-21(28)22(3,4)5/h6-7,10-11,17H,8-9,12-14H2,1-5H3,(H,24,28). The maximum Gasteiger partial charge on any atom is 0.225 e. The average Bonchev–Trinajstić information content (AvgIpc) is 2.68. The minimum absolute atomic E-state index is 0.108. The van der Waals surface area contributed by atoms with E-state index in [0.717, 1.165) is 48.7 Å². The fourth-order valence-corrected chi connectivity index (χ4v) is 3.46. The van der Waals surface area contributed by atoms with Gasteiger partial charge in [0.2, 0.25) is 5.91 Å². The summed E-state index contributed by atoms with van der Waals surface area (Å²) < 4.78 is 0. The van der Waals surface area contributed by atoms with Crippen LogP contribution in [0.2, 0.25) is 0 Å². The van der Waals surface area contributed by atoms with Crippen molar-refractivity contribution >= 4 is 11.7 Å². The molecule has 28 heavy (non-hydrogen) atoms. The Morgan fingerprint density at radius 3 is 2.71 bits per heavy atom. The van der Waals surface area contributed by atoms with Gasteiger partial charge in [-0.15, -0.1) is 0 Å². The van der Waals surface area contributed by atoms with Gasteiger partial charge >= 0.3 is 0 Å². The highest BCUT2D eigenvalue weighted by Crippen LogP contribution is 2.27. The van der Waals surface area contributed by atoms with Crippen molar-refractivity contribution in [3.05, 3.63) is 35.7 Å². The van der Waals surface area contributed by atoms with Crippen molar-refractivity contribution in [3.63, 3.8) is 0 Å². The fourth-order valence-electron chi connectivity index (χ4n) is 3.46. The van der Waals surface area contributed by atoms with E-state index in [1.807, 2.05) is 45.9 Å². The number of anilines is 1. The number of piperidine rings is 1. The van der Waals surface area contributed by atoms with Crippen molar-refractivity contribution in [2.75, 3.05) is 24.5 Å². The van der Waals surface area contributed by atoms with Gasteiger partial charge in [-0.05, 0) is 44.7 Å². The maximum absolute atomic E-state index is 12.2. The lowest BCUT2D eigenvalue weighted by molar-refractivity contribution is -0.128. The molecule has 1 unspecified atom stereocenters. The van der Waals surface area contributed by atoms with Gasteiger partial charge in [0.15, 0.2) is 5.82 Å². The molecule has 3 heterocycles. The SMILES string of the molecule is Cc1nc(-c2ccccn2)nc(N2CCCC(CNC(=O)C(C)(C)C)C2)c1C. The highest BCUT2D eigenvalue weighted by molar-refractivity contribution is 5.81. The summed E-state index contributed by atoms with van der Waals surface area (Å²) in [4.78, 5) is 28.5. The molecule has 0 aliphatic carbocycles.